The highest BCUT2D eigenvalue weighted by atomic mass is 35.5. The maximum atomic E-state index is 11.5. The van der Waals surface area contributed by atoms with E-state index in [9.17, 15) is 4.79 Å². The maximum absolute atomic E-state index is 11.5. The number of carbonyl (C=O) groups is 1. The Labute approximate surface area is 124 Å². The lowest BCUT2D eigenvalue weighted by atomic mass is 10.2. The summed E-state index contributed by atoms with van der Waals surface area (Å²) in [6, 6.07) is 5.51. The summed E-state index contributed by atoms with van der Waals surface area (Å²) in [5.41, 5.74) is 0.907. The highest BCUT2D eigenvalue weighted by Crippen LogP contribution is 2.29. The zero-order chi connectivity index (χ0) is 15.0. The summed E-state index contributed by atoms with van der Waals surface area (Å²) in [6.07, 6.45) is -0.599. The Morgan fingerprint density at radius 2 is 2.20 bits per heavy atom. The molecule has 0 saturated carbocycles. The van der Waals surface area contributed by atoms with Gasteiger partial charge in [-0.2, -0.15) is 0 Å². The Bertz CT molecular complexity index is 440. The van der Waals surface area contributed by atoms with Crippen molar-refractivity contribution in [3.8, 4) is 5.75 Å². The van der Waals surface area contributed by atoms with Gasteiger partial charge in [-0.15, -0.1) is 0 Å². The molecule has 0 saturated heterocycles. The molecule has 1 aromatic carbocycles. The number of nitrogens with one attached hydrogen (secondary N) is 2. The second-order valence-corrected chi connectivity index (χ2v) is 4.68. The maximum Gasteiger partial charge on any atom is 0.260 e. The van der Waals surface area contributed by atoms with E-state index >= 15 is 0 Å². The van der Waals surface area contributed by atoms with Gasteiger partial charge in [0.15, 0.2) is 6.10 Å². The second-order valence-electron chi connectivity index (χ2n) is 4.27. The van der Waals surface area contributed by atoms with Gasteiger partial charge in [0, 0.05) is 32.8 Å². The predicted molar refractivity (Wildman–Crippen MR) is 79.2 cm³/mol. The van der Waals surface area contributed by atoms with Gasteiger partial charge in [-0.1, -0.05) is 23.7 Å². The summed E-state index contributed by atoms with van der Waals surface area (Å²) in [5.74, 6) is 0.346. The normalized spacial score (nSPS) is 12.0. The monoisotopic (exact) mass is 300 g/mol. The van der Waals surface area contributed by atoms with Crippen molar-refractivity contribution in [1.82, 2.24) is 10.6 Å². The zero-order valence-corrected chi connectivity index (χ0v) is 12.8. The Morgan fingerprint density at radius 1 is 1.45 bits per heavy atom. The zero-order valence-electron chi connectivity index (χ0n) is 12.0. The minimum Gasteiger partial charge on any atom is -0.479 e. The predicted octanol–water partition coefficient (Wildman–Crippen LogP) is 1.59. The van der Waals surface area contributed by atoms with E-state index in [-0.39, 0.29) is 5.91 Å². The highest BCUT2D eigenvalue weighted by Gasteiger charge is 2.16. The molecule has 0 radical (unpaired) electrons. The number of methoxy groups -OCH3 is 1. The van der Waals surface area contributed by atoms with Gasteiger partial charge >= 0.3 is 0 Å². The second kappa shape index (κ2) is 8.79. The molecule has 1 atom stereocenters. The number of amides is 1. The third-order valence-electron chi connectivity index (χ3n) is 2.76. The van der Waals surface area contributed by atoms with Crippen molar-refractivity contribution in [3.63, 3.8) is 0 Å². The Morgan fingerprint density at radius 3 is 2.85 bits per heavy atom. The van der Waals surface area contributed by atoms with Gasteiger partial charge in [0.25, 0.3) is 5.91 Å². The number of likely N-dealkylation sites (N-methyl/N-ethyl adjacent to an activating group) is 1. The van der Waals surface area contributed by atoms with E-state index in [1.54, 1.807) is 27.1 Å². The number of benzene rings is 1. The van der Waals surface area contributed by atoms with E-state index in [2.05, 4.69) is 10.6 Å². The summed E-state index contributed by atoms with van der Waals surface area (Å²) < 4.78 is 10.6. The van der Waals surface area contributed by atoms with Gasteiger partial charge in [-0.05, 0) is 13.0 Å². The van der Waals surface area contributed by atoms with Crippen LogP contribution in [0, 0.1) is 0 Å². The number of rotatable bonds is 8. The summed E-state index contributed by atoms with van der Waals surface area (Å²) in [4.78, 5) is 11.5. The summed E-state index contributed by atoms with van der Waals surface area (Å²) >= 11 is 6.15. The Kier molecular flexibility index (Phi) is 7.36. The van der Waals surface area contributed by atoms with Crippen LogP contribution in [0.1, 0.15) is 12.5 Å². The lowest BCUT2D eigenvalue weighted by Crippen LogP contribution is -2.34. The molecule has 0 aliphatic heterocycles. The van der Waals surface area contributed by atoms with Gasteiger partial charge in [0.05, 0.1) is 11.6 Å². The van der Waals surface area contributed by atoms with E-state index in [1.807, 2.05) is 12.1 Å². The summed E-state index contributed by atoms with van der Waals surface area (Å²) in [5, 5.41) is 6.26. The molecule has 1 amide bonds. The van der Waals surface area contributed by atoms with E-state index < -0.39 is 6.10 Å². The number of ether oxygens (including phenoxy) is 2. The molecule has 0 aliphatic carbocycles. The molecule has 1 unspecified atom stereocenters. The molecule has 1 rings (SSSR count). The molecule has 0 spiro atoms. The molecule has 0 bridgehead atoms. The quantitative estimate of drug-likeness (QED) is 0.716. The third-order valence-corrected chi connectivity index (χ3v) is 3.05. The first-order valence-corrected chi connectivity index (χ1v) is 6.83. The molecular formula is C14H21ClN2O3. The first kappa shape index (κ1) is 16.8. The van der Waals surface area contributed by atoms with Crippen LogP contribution in [0.3, 0.4) is 0 Å². The number of hydrogen-bond donors (Lipinski definition) is 2. The number of carbonyl (C=O) groups excluding carboxylic acids is 1. The highest BCUT2D eigenvalue weighted by molar-refractivity contribution is 6.32. The molecular weight excluding hydrogens is 280 g/mol. The lowest BCUT2D eigenvalue weighted by molar-refractivity contribution is -0.126. The topological polar surface area (TPSA) is 59.6 Å². The molecule has 112 valence electrons. The molecule has 20 heavy (non-hydrogen) atoms. The van der Waals surface area contributed by atoms with Crippen LogP contribution in [-0.4, -0.2) is 39.3 Å². The number of para-hydroxylation sites is 1. The van der Waals surface area contributed by atoms with Crippen LogP contribution in [0.4, 0.5) is 0 Å². The SMILES string of the molecule is CNC(=O)C(C)Oc1c(Cl)cccc1CNCCOC. The Balaban J connectivity index is 2.75. The van der Waals surface area contributed by atoms with Crippen LogP contribution in [0.25, 0.3) is 0 Å². The minimum absolute atomic E-state index is 0.191. The average Bonchev–Trinajstić information content (AvgIpc) is 2.45. The van der Waals surface area contributed by atoms with Gasteiger partial charge < -0.3 is 20.1 Å². The molecule has 6 heteroatoms. The van der Waals surface area contributed by atoms with Crippen molar-refractivity contribution in [2.75, 3.05) is 27.3 Å². The summed E-state index contributed by atoms with van der Waals surface area (Å²) in [6.45, 7) is 3.64. The third kappa shape index (κ3) is 5.00. The van der Waals surface area contributed by atoms with Crippen molar-refractivity contribution < 1.29 is 14.3 Å². The van der Waals surface area contributed by atoms with Crippen LogP contribution in [0.2, 0.25) is 5.02 Å². The van der Waals surface area contributed by atoms with Crippen molar-refractivity contribution in [2.45, 2.75) is 19.6 Å². The molecule has 2 N–H and O–H groups in total. The smallest absolute Gasteiger partial charge is 0.260 e. The standard InChI is InChI=1S/C14H21ClN2O3/c1-10(14(18)16-2)20-13-11(5-4-6-12(13)15)9-17-7-8-19-3/h4-6,10,17H,7-9H2,1-3H3,(H,16,18). The molecule has 5 nitrogen and oxygen atoms in total. The largest absolute Gasteiger partial charge is 0.479 e. The fourth-order valence-corrected chi connectivity index (χ4v) is 1.89. The number of hydrogen-bond acceptors (Lipinski definition) is 4. The van der Waals surface area contributed by atoms with Crippen molar-refractivity contribution in [2.24, 2.45) is 0 Å². The van der Waals surface area contributed by atoms with Crippen LogP contribution in [0.15, 0.2) is 18.2 Å². The van der Waals surface area contributed by atoms with E-state index in [1.165, 1.54) is 0 Å². The fraction of sp³-hybridized carbons (Fsp3) is 0.500. The Hall–Kier alpha value is -1.30. The van der Waals surface area contributed by atoms with Crippen LogP contribution >= 0.6 is 11.6 Å². The van der Waals surface area contributed by atoms with Gasteiger partial charge in [0.2, 0.25) is 0 Å². The first-order valence-electron chi connectivity index (χ1n) is 6.45. The minimum atomic E-state index is -0.599. The van der Waals surface area contributed by atoms with Gasteiger partial charge in [-0.3, -0.25) is 4.79 Å². The molecule has 0 aliphatic rings. The van der Waals surface area contributed by atoms with Crippen LogP contribution in [-0.2, 0) is 16.1 Å². The van der Waals surface area contributed by atoms with E-state index in [4.69, 9.17) is 21.1 Å². The van der Waals surface area contributed by atoms with Crippen molar-refractivity contribution in [1.29, 1.82) is 0 Å². The summed E-state index contributed by atoms with van der Waals surface area (Å²) in [7, 11) is 3.22. The lowest BCUT2D eigenvalue weighted by Gasteiger charge is -2.18. The van der Waals surface area contributed by atoms with Gasteiger partial charge in [-0.25, -0.2) is 0 Å². The molecule has 1 aromatic rings. The van der Waals surface area contributed by atoms with Gasteiger partial charge in [0.1, 0.15) is 5.75 Å². The molecule has 0 fully saturated rings. The van der Waals surface area contributed by atoms with E-state index in [0.717, 1.165) is 12.1 Å². The number of halogens is 1. The fourth-order valence-electron chi connectivity index (χ4n) is 1.66. The molecule has 0 aromatic heterocycles. The van der Waals surface area contributed by atoms with Crippen LogP contribution < -0.4 is 15.4 Å². The first-order chi connectivity index (χ1) is 9.60. The van der Waals surface area contributed by atoms with Crippen LogP contribution in [0.5, 0.6) is 5.75 Å². The molecule has 0 heterocycles. The van der Waals surface area contributed by atoms with Crippen molar-refractivity contribution in [3.05, 3.63) is 28.8 Å². The van der Waals surface area contributed by atoms with Crippen molar-refractivity contribution >= 4 is 17.5 Å². The van der Waals surface area contributed by atoms with E-state index in [0.29, 0.717) is 23.9 Å². The average molecular weight is 301 g/mol.